The molecule has 0 aromatic heterocycles. The molecule has 0 bridgehead atoms. The van der Waals surface area contributed by atoms with E-state index in [1.54, 1.807) is 0 Å². The van der Waals surface area contributed by atoms with Gasteiger partial charge in [0.15, 0.2) is 0 Å². The van der Waals surface area contributed by atoms with Gasteiger partial charge >= 0.3 is 11.9 Å². The Morgan fingerprint density at radius 1 is 0.778 bits per heavy atom. The van der Waals surface area contributed by atoms with Gasteiger partial charge in [-0.1, -0.05) is 48.5 Å². The number of hydrogen-bond acceptors (Lipinski definition) is 6. The second kappa shape index (κ2) is 14.5. The highest BCUT2D eigenvalue weighted by molar-refractivity contribution is 5.85. The van der Waals surface area contributed by atoms with Crippen molar-refractivity contribution in [2.24, 2.45) is 11.8 Å². The third kappa shape index (κ3) is 7.90. The first-order valence-corrected chi connectivity index (χ1v) is 11.8. The van der Waals surface area contributed by atoms with Gasteiger partial charge in [-0.15, -0.1) is 24.8 Å². The summed E-state index contributed by atoms with van der Waals surface area (Å²) >= 11 is 0. The summed E-state index contributed by atoms with van der Waals surface area (Å²) in [5.41, 5.74) is 3.78. The summed E-state index contributed by atoms with van der Waals surface area (Å²) in [4.78, 5) is 23.8. The van der Waals surface area contributed by atoms with Crippen LogP contribution in [0.15, 0.2) is 48.5 Å². The fourth-order valence-electron chi connectivity index (χ4n) is 4.71. The van der Waals surface area contributed by atoms with E-state index in [2.05, 4.69) is 10.6 Å². The van der Waals surface area contributed by atoms with Crippen molar-refractivity contribution in [2.45, 2.75) is 25.0 Å². The predicted octanol–water partition coefficient (Wildman–Crippen LogP) is 2.66. The maximum Gasteiger partial charge on any atom is 0.309 e. The Morgan fingerprint density at radius 2 is 1.19 bits per heavy atom. The molecule has 10 heteroatoms. The molecule has 2 fully saturated rings. The lowest BCUT2D eigenvalue weighted by atomic mass is 9.90. The molecule has 4 unspecified atom stereocenters. The smallest absolute Gasteiger partial charge is 0.309 e. The van der Waals surface area contributed by atoms with Crippen molar-refractivity contribution < 1.29 is 29.3 Å². The Balaban J connectivity index is 0.00000228. The van der Waals surface area contributed by atoms with Crippen LogP contribution in [0.5, 0.6) is 0 Å². The Morgan fingerprint density at radius 3 is 1.53 bits per heavy atom. The zero-order chi connectivity index (χ0) is 23.9. The van der Waals surface area contributed by atoms with E-state index in [9.17, 15) is 19.8 Å². The number of hydrogen-bond donors (Lipinski definition) is 4. The molecule has 2 aromatic rings. The molecule has 2 saturated heterocycles. The summed E-state index contributed by atoms with van der Waals surface area (Å²) in [5, 5.41) is 26.0. The number of nitrogens with one attached hydrogen (secondary N) is 2. The van der Waals surface area contributed by atoms with Crippen LogP contribution >= 0.6 is 24.8 Å². The van der Waals surface area contributed by atoms with Crippen LogP contribution in [0.2, 0.25) is 0 Å². The summed E-state index contributed by atoms with van der Waals surface area (Å²) in [7, 11) is 0. The van der Waals surface area contributed by atoms with E-state index in [1.165, 1.54) is 0 Å². The molecule has 0 amide bonds. The van der Waals surface area contributed by atoms with Gasteiger partial charge in [0.25, 0.3) is 0 Å². The number of benzene rings is 2. The van der Waals surface area contributed by atoms with Crippen LogP contribution in [0.25, 0.3) is 11.1 Å². The number of carboxylic acids is 2. The van der Waals surface area contributed by atoms with E-state index in [1.807, 2.05) is 48.5 Å². The maximum atomic E-state index is 11.9. The van der Waals surface area contributed by atoms with Crippen molar-refractivity contribution in [3.63, 3.8) is 0 Å². The molecule has 0 aliphatic carbocycles. The molecule has 2 heterocycles. The van der Waals surface area contributed by atoms with Gasteiger partial charge in [-0.3, -0.25) is 9.59 Å². The second-order valence-electron chi connectivity index (χ2n) is 8.93. The summed E-state index contributed by atoms with van der Waals surface area (Å²) in [6.07, 6.45) is 0.0373. The molecule has 0 radical (unpaired) electrons. The highest BCUT2D eigenvalue weighted by atomic mass is 35.5. The van der Waals surface area contributed by atoms with Gasteiger partial charge in [0.1, 0.15) is 0 Å². The van der Waals surface area contributed by atoms with Crippen molar-refractivity contribution in [1.82, 2.24) is 10.6 Å². The fourth-order valence-corrected chi connectivity index (χ4v) is 4.71. The quantitative estimate of drug-likeness (QED) is 0.383. The lowest BCUT2D eigenvalue weighted by Gasteiger charge is -2.29. The zero-order valence-corrected chi connectivity index (χ0v) is 21.6. The second-order valence-corrected chi connectivity index (χ2v) is 8.93. The minimum Gasteiger partial charge on any atom is -0.481 e. The molecule has 0 saturated carbocycles. The van der Waals surface area contributed by atoms with E-state index in [-0.39, 0.29) is 37.0 Å². The Labute approximate surface area is 223 Å². The van der Waals surface area contributed by atoms with Gasteiger partial charge < -0.3 is 30.3 Å². The van der Waals surface area contributed by atoms with Crippen LogP contribution in [0, 0.1) is 11.8 Å². The van der Waals surface area contributed by atoms with Crippen molar-refractivity contribution in [3.8, 4) is 11.1 Å². The summed E-state index contributed by atoms with van der Waals surface area (Å²) in [5.74, 6) is -2.98. The average Bonchev–Trinajstić information content (AvgIpc) is 2.87. The Kier molecular flexibility index (Phi) is 12.1. The minimum absolute atomic E-state index is 0. The molecule has 8 nitrogen and oxygen atoms in total. The fraction of sp³-hybridized carbons (Fsp3) is 0.462. The lowest BCUT2D eigenvalue weighted by Crippen LogP contribution is -2.45. The molecule has 2 aliphatic heterocycles. The summed E-state index contributed by atoms with van der Waals surface area (Å²) < 4.78 is 11.4. The van der Waals surface area contributed by atoms with Crippen LogP contribution in [0.4, 0.5) is 0 Å². The van der Waals surface area contributed by atoms with Gasteiger partial charge in [-0.25, -0.2) is 0 Å². The Hall–Kier alpha value is -2.20. The number of halogens is 2. The molecular formula is C26H34Cl2N2O6. The van der Waals surface area contributed by atoms with Crippen molar-refractivity contribution in [3.05, 3.63) is 59.7 Å². The van der Waals surface area contributed by atoms with E-state index in [4.69, 9.17) is 9.47 Å². The van der Waals surface area contributed by atoms with Gasteiger partial charge in [0.2, 0.25) is 0 Å². The zero-order valence-electron chi connectivity index (χ0n) is 19.9. The van der Waals surface area contributed by atoms with Crippen molar-refractivity contribution in [1.29, 1.82) is 0 Å². The molecule has 4 rings (SSSR count). The largest absolute Gasteiger partial charge is 0.481 e. The maximum absolute atomic E-state index is 11.9. The van der Waals surface area contributed by atoms with E-state index >= 15 is 0 Å². The third-order valence-corrected chi connectivity index (χ3v) is 6.54. The van der Waals surface area contributed by atoms with Gasteiger partial charge in [-0.05, 0) is 35.1 Å². The van der Waals surface area contributed by atoms with E-state index < -0.39 is 23.8 Å². The summed E-state index contributed by atoms with van der Waals surface area (Å²) in [6.45, 7) is 3.57. The number of ether oxygens (including phenoxy) is 2. The van der Waals surface area contributed by atoms with Crippen LogP contribution in [-0.4, -0.2) is 73.8 Å². The number of morpholine rings is 2. The van der Waals surface area contributed by atoms with E-state index in [0.29, 0.717) is 39.1 Å². The van der Waals surface area contributed by atoms with Gasteiger partial charge in [0.05, 0.1) is 37.3 Å². The molecule has 36 heavy (non-hydrogen) atoms. The molecule has 2 aromatic carbocycles. The molecule has 2 aliphatic rings. The predicted molar refractivity (Wildman–Crippen MR) is 141 cm³/mol. The first-order valence-electron chi connectivity index (χ1n) is 11.8. The highest BCUT2D eigenvalue weighted by Crippen LogP contribution is 2.26. The topological polar surface area (TPSA) is 117 Å². The number of aliphatic carboxylic acids is 2. The molecule has 4 atom stereocenters. The highest BCUT2D eigenvalue weighted by Gasteiger charge is 2.31. The van der Waals surface area contributed by atoms with Gasteiger partial charge in [0, 0.05) is 26.2 Å². The van der Waals surface area contributed by atoms with Gasteiger partial charge in [-0.2, -0.15) is 0 Å². The van der Waals surface area contributed by atoms with Crippen LogP contribution in [0.1, 0.15) is 11.1 Å². The van der Waals surface area contributed by atoms with Crippen molar-refractivity contribution >= 4 is 36.8 Å². The van der Waals surface area contributed by atoms with E-state index in [0.717, 1.165) is 35.3 Å². The molecule has 0 spiro atoms. The first kappa shape index (κ1) is 30.0. The number of carboxylic acid groups (broad SMARTS) is 2. The van der Waals surface area contributed by atoms with Crippen LogP contribution in [-0.2, 0) is 31.9 Å². The number of carbonyl (C=O) groups is 2. The third-order valence-electron chi connectivity index (χ3n) is 6.54. The normalized spacial score (nSPS) is 21.3. The SMILES string of the molecule is Cl.Cl.O=C(O)C(Cc1cccc(-c2cccc(CC(C(=O)O)C3CNCCO3)c2)c1)C1CNCCO1. The standard InChI is InChI=1S/C26H32N2O6.2ClH/c29-25(30)21(23-15-27-7-9-33-23)13-17-3-1-5-19(11-17)20-6-2-4-18(12-20)14-22(26(31)32)24-16-28-8-10-34-24;;/h1-6,11-12,21-24,27-28H,7-10,13-16H2,(H,29,30)(H,31,32);2*1H. The molecular weight excluding hydrogens is 507 g/mol. The minimum atomic E-state index is -0.861. The molecule has 198 valence electrons. The summed E-state index contributed by atoms with van der Waals surface area (Å²) in [6, 6.07) is 15.7. The Bertz CT molecular complexity index is 916. The lowest BCUT2D eigenvalue weighted by molar-refractivity contribution is -0.149. The monoisotopic (exact) mass is 540 g/mol. The van der Waals surface area contributed by atoms with Crippen molar-refractivity contribution in [2.75, 3.05) is 39.4 Å². The molecule has 4 N–H and O–H groups in total. The van der Waals surface area contributed by atoms with Crippen LogP contribution in [0.3, 0.4) is 0 Å². The van der Waals surface area contributed by atoms with Crippen LogP contribution < -0.4 is 10.6 Å². The first-order chi connectivity index (χ1) is 16.5. The number of rotatable bonds is 9. The average molecular weight is 541 g/mol.